The van der Waals surface area contributed by atoms with Gasteiger partial charge in [0.15, 0.2) is 11.6 Å². The number of piperidine rings is 1. The number of hydrogen-bond acceptors (Lipinski definition) is 5. The smallest absolute Gasteiger partial charge is 0.181 e. The maximum absolute atomic E-state index is 5.97. The Morgan fingerprint density at radius 2 is 1.96 bits per heavy atom. The van der Waals surface area contributed by atoms with E-state index in [4.69, 9.17) is 14.8 Å². The van der Waals surface area contributed by atoms with Crippen molar-refractivity contribution in [3.8, 4) is 11.4 Å². The van der Waals surface area contributed by atoms with Crippen molar-refractivity contribution in [1.82, 2.24) is 25.0 Å². The second kappa shape index (κ2) is 7.01. The van der Waals surface area contributed by atoms with Gasteiger partial charge in [-0.15, -0.1) is 0 Å². The third kappa shape index (κ3) is 3.22. The molecule has 2 fully saturated rings. The Hall–Kier alpha value is -1.76. The van der Waals surface area contributed by atoms with E-state index in [1.807, 2.05) is 18.2 Å². The predicted molar refractivity (Wildman–Crippen MR) is 92.8 cm³/mol. The van der Waals surface area contributed by atoms with E-state index < -0.39 is 0 Å². The van der Waals surface area contributed by atoms with Gasteiger partial charge in [-0.2, -0.15) is 5.10 Å². The highest BCUT2D eigenvalue weighted by atomic mass is 16.5. The van der Waals surface area contributed by atoms with Crippen LogP contribution in [0.3, 0.4) is 0 Å². The minimum Gasteiger partial charge on any atom is -0.368 e. The fraction of sp³-hybridized carbons (Fsp3) is 0.556. The van der Waals surface area contributed by atoms with Crippen LogP contribution < -0.4 is 5.32 Å². The van der Waals surface area contributed by atoms with Crippen molar-refractivity contribution in [2.24, 2.45) is 0 Å². The fourth-order valence-corrected chi connectivity index (χ4v) is 3.50. The molecule has 1 N–H and O–H groups in total. The molecule has 6 heteroatoms. The van der Waals surface area contributed by atoms with Crippen molar-refractivity contribution in [1.29, 1.82) is 0 Å². The van der Waals surface area contributed by atoms with Crippen LogP contribution in [0.2, 0.25) is 0 Å². The number of hydrogen-bond donors (Lipinski definition) is 1. The summed E-state index contributed by atoms with van der Waals surface area (Å²) in [6.07, 6.45) is 2.21. The highest BCUT2D eigenvalue weighted by molar-refractivity contribution is 5.54. The molecule has 6 nitrogen and oxygen atoms in total. The van der Waals surface area contributed by atoms with Crippen molar-refractivity contribution in [3.63, 3.8) is 0 Å². The van der Waals surface area contributed by atoms with Gasteiger partial charge in [-0.05, 0) is 33.0 Å². The van der Waals surface area contributed by atoms with Gasteiger partial charge in [0.25, 0.3) is 0 Å². The van der Waals surface area contributed by atoms with Crippen molar-refractivity contribution in [2.45, 2.75) is 25.0 Å². The molecule has 1 atom stereocenters. The molecule has 2 aromatic rings. The SMILES string of the molecule is CN1CCC(n2nc(-c3ccccc3)nc2C2CNCCO2)CC1. The Morgan fingerprint density at radius 1 is 1.17 bits per heavy atom. The summed E-state index contributed by atoms with van der Waals surface area (Å²) < 4.78 is 8.12. The maximum Gasteiger partial charge on any atom is 0.181 e. The number of aromatic nitrogens is 3. The zero-order valence-corrected chi connectivity index (χ0v) is 14.2. The number of benzene rings is 1. The van der Waals surface area contributed by atoms with Gasteiger partial charge in [-0.25, -0.2) is 9.67 Å². The van der Waals surface area contributed by atoms with Crippen molar-refractivity contribution >= 4 is 0 Å². The van der Waals surface area contributed by atoms with E-state index in [-0.39, 0.29) is 6.10 Å². The number of nitrogens with one attached hydrogen (secondary N) is 1. The van der Waals surface area contributed by atoms with E-state index in [9.17, 15) is 0 Å². The molecule has 2 saturated heterocycles. The first-order chi connectivity index (χ1) is 11.8. The van der Waals surface area contributed by atoms with Gasteiger partial charge in [0.2, 0.25) is 0 Å². The molecule has 0 spiro atoms. The quantitative estimate of drug-likeness (QED) is 0.933. The van der Waals surface area contributed by atoms with Crippen LogP contribution in [0.1, 0.15) is 30.8 Å². The van der Waals surface area contributed by atoms with Gasteiger partial charge >= 0.3 is 0 Å². The first kappa shape index (κ1) is 15.7. The number of rotatable bonds is 3. The van der Waals surface area contributed by atoms with Crippen LogP contribution in [-0.2, 0) is 4.74 Å². The van der Waals surface area contributed by atoms with E-state index in [0.717, 1.165) is 62.8 Å². The number of ether oxygens (including phenoxy) is 1. The van der Waals surface area contributed by atoms with E-state index >= 15 is 0 Å². The third-order valence-electron chi connectivity index (χ3n) is 4.94. The summed E-state index contributed by atoms with van der Waals surface area (Å²) in [7, 11) is 2.18. The third-order valence-corrected chi connectivity index (χ3v) is 4.94. The van der Waals surface area contributed by atoms with Crippen LogP contribution in [-0.4, -0.2) is 59.5 Å². The Labute approximate surface area is 142 Å². The summed E-state index contributed by atoms with van der Waals surface area (Å²) in [5.74, 6) is 1.77. The molecular formula is C18H25N5O. The molecule has 0 bridgehead atoms. The molecule has 128 valence electrons. The first-order valence-electron chi connectivity index (χ1n) is 8.84. The van der Waals surface area contributed by atoms with Crippen LogP contribution in [0.25, 0.3) is 11.4 Å². The second-order valence-electron chi connectivity index (χ2n) is 6.70. The lowest BCUT2D eigenvalue weighted by atomic mass is 10.1. The van der Waals surface area contributed by atoms with Gasteiger partial charge < -0.3 is 15.0 Å². The Morgan fingerprint density at radius 3 is 2.67 bits per heavy atom. The summed E-state index contributed by atoms with van der Waals surface area (Å²) in [6.45, 7) is 4.65. The van der Waals surface area contributed by atoms with Gasteiger partial charge in [0.1, 0.15) is 6.10 Å². The molecule has 0 aliphatic carbocycles. The number of likely N-dealkylation sites (tertiary alicyclic amines) is 1. The molecule has 0 saturated carbocycles. The normalized spacial score (nSPS) is 23.5. The van der Waals surface area contributed by atoms with Crippen molar-refractivity contribution in [2.75, 3.05) is 39.8 Å². The van der Waals surface area contributed by atoms with Crippen molar-refractivity contribution < 1.29 is 4.74 Å². The van der Waals surface area contributed by atoms with Crippen LogP contribution in [0.15, 0.2) is 30.3 Å². The predicted octanol–water partition coefficient (Wildman–Crippen LogP) is 1.87. The summed E-state index contributed by atoms with van der Waals surface area (Å²) in [4.78, 5) is 7.25. The highest BCUT2D eigenvalue weighted by Gasteiger charge is 2.28. The highest BCUT2D eigenvalue weighted by Crippen LogP contribution is 2.29. The van der Waals surface area contributed by atoms with Gasteiger partial charge in [0, 0.05) is 18.7 Å². The van der Waals surface area contributed by atoms with Crippen LogP contribution in [0.5, 0.6) is 0 Å². The van der Waals surface area contributed by atoms with Crippen LogP contribution in [0.4, 0.5) is 0 Å². The van der Waals surface area contributed by atoms with E-state index in [1.165, 1.54) is 0 Å². The lowest BCUT2D eigenvalue weighted by Crippen LogP contribution is -2.37. The molecular weight excluding hydrogens is 302 g/mol. The number of morpholine rings is 1. The zero-order valence-electron chi connectivity index (χ0n) is 14.2. The minimum absolute atomic E-state index is 0.0108. The Kier molecular flexibility index (Phi) is 4.60. The van der Waals surface area contributed by atoms with Gasteiger partial charge in [0.05, 0.1) is 12.6 Å². The fourth-order valence-electron chi connectivity index (χ4n) is 3.50. The molecule has 24 heavy (non-hydrogen) atoms. The largest absolute Gasteiger partial charge is 0.368 e. The molecule has 2 aliphatic heterocycles. The van der Waals surface area contributed by atoms with Crippen LogP contribution in [0, 0.1) is 0 Å². The lowest BCUT2D eigenvalue weighted by molar-refractivity contribution is 0.0171. The number of nitrogens with zero attached hydrogens (tertiary/aromatic N) is 4. The summed E-state index contributed by atoms with van der Waals surface area (Å²) in [5.41, 5.74) is 1.06. The average Bonchev–Trinajstić information content (AvgIpc) is 3.09. The topological polar surface area (TPSA) is 55.2 Å². The zero-order chi connectivity index (χ0) is 16.4. The molecule has 3 heterocycles. The molecule has 1 unspecified atom stereocenters. The summed E-state index contributed by atoms with van der Waals surface area (Å²) in [5, 5.41) is 8.29. The first-order valence-corrected chi connectivity index (χ1v) is 8.84. The maximum atomic E-state index is 5.97. The van der Waals surface area contributed by atoms with Crippen LogP contribution >= 0.6 is 0 Å². The molecule has 0 amide bonds. The summed E-state index contributed by atoms with van der Waals surface area (Å²) >= 11 is 0. The van der Waals surface area contributed by atoms with Gasteiger partial charge in [-0.3, -0.25) is 0 Å². The molecule has 1 aromatic carbocycles. The molecule has 1 aromatic heterocycles. The summed E-state index contributed by atoms with van der Waals surface area (Å²) in [6, 6.07) is 10.6. The molecule has 4 rings (SSSR count). The van der Waals surface area contributed by atoms with Crippen molar-refractivity contribution in [3.05, 3.63) is 36.2 Å². The standard InChI is InChI=1S/C18H25N5O/c1-22-10-7-15(8-11-22)23-18(16-13-19-9-12-24-16)20-17(21-23)14-5-3-2-4-6-14/h2-6,15-16,19H,7-13H2,1H3. The second-order valence-corrected chi connectivity index (χ2v) is 6.70. The Balaban J connectivity index is 1.68. The van der Waals surface area contributed by atoms with E-state index in [0.29, 0.717) is 6.04 Å². The molecule has 0 radical (unpaired) electrons. The van der Waals surface area contributed by atoms with E-state index in [1.54, 1.807) is 0 Å². The monoisotopic (exact) mass is 327 g/mol. The molecule has 2 aliphatic rings. The minimum atomic E-state index is -0.0108. The van der Waals surface area contributed by atoms with Gasteiger partial charge in [-0.1, -0.05) is 30.3 Å². The van der Waals surface area contributed by atoms with E-state index in [2.05, 4.69) is 34.1 Å². The lowest BCUT2D eigenvalue weighted by Gasteiger charge is -2.31. The average molecular weight is 327 g/mol. The Bertz CT molecular complexity index is 657.